The van der Waals surface area contributed by atoms with Crippen molar-refractivity contribution < 1.29 is 18.3 Å². The maximum Gasteiger partial charge on any atom is 0.333 e. The molecule has 0 bridgehead atoms. The largest absolute Gasteiger partial charge is 0.383 e. The summed E-state index contributed by atoms with van der Waals surface area (Å²) in [6.45, 7) is 5.23. The first-order valence-corrected chi connectivity index (χ1v) is 12.5. The zero-order valence-corrected chi connectivity index (χ0v) is 19.0. The van der Waals surface area contributed by atoms with Gasteiger partial charge >= 0.3 is 6.03 Å². The van der Waals surface area contributed by atoms with Crippen LogP contribution in [0, 0.1) is 5.92 Å². The highest BCUT2D eigenvalue weighted by Crippen LogP contribution is 2.46. The Hall–Kier alpha value is -1.97. The van der Waals surface area contributed by atoms with Gasteiger partial charge in [-0.3, -0.25) is 0 Å². The van der Waals surface area contributed by atoms with Gasteiger partial charge in [-0.15, -0.1) is 11.3 Å². The Morgan fingerprint density at radius 3 is 2.67 bits per heavy atom. The Bertz CT molecular complexity index is 1080. The van der Waals surface area contributed by atoms with Gasteiger partial charge in [0.15, 0.2) is 4.21 Å². The quantitative estimate of drug-likeness (QED) is 0.620. The van der Waals surface area contributed by atoms with Crippen LogP contribution in [0.1, 0.15) is 67.6 Å². The van der Waals surface area contributed by atoms with Crippen molar-refractivity contribution in [1.29, 1.82) is 0 Å². The average Bonchev–Trinajstić information content (AvgIpc) is 3.16. The molecule has 1 fully saturated rings. The third-order valence-electron chi connectivity index (χ3n) is 5.87. The van der Waals surface area contributed by atoms with Crippen LogP contribution in [0.4, 0.5) is 10.5 Å². The van der Waals surface area contributed by atoms with Gasteiger partial charge in [-0.25, -0.2) is 22.9 Å². The fourth-order valence-electron chi connectivity index (χ4n) is 4.04. The molecule has 30 heavy (non-hydrogen) atoms. The first-order chi connectivity index (χ1) is 14.1. The summed E-state index contributed by atoms with van der Waals surface area (Å²) in [4.78, 5) is 16.7. The van der Waals surface area contributed by atoms with E-state index >= 15 is 0 Å². The van der Waals surface area contributed by atoms with Crippen molar-refractivity contribution in [3.63, 3.8) is 0 Å². The molecule has 2 aliphatic rings. The molecule has 1 saturated carbocycles. The molecular weight excluding hydrogens is 422 g/mol. The summed E-state index contributed by atoms with van der Waals surface area (Å²) in [7, 11) is -4.09. The van der Waals surface area contributed by atoms with Crippen LogP contribution in [0.15, 0.2) is 22.5 Å². The molecule has 2 aromatic rings. The zero-order valence-electron chi connectivity index (χ0n) is 17.4. The Morgan fingerprint density at radius 2 is 2.03 bits per heavy atom. The zero-order chi connectivity index (χ0) is 21.7. The van der Waals surface area contributed by atoms with Crippen LogP contribution in [0.5, 0.6) is 0 Å². The van der Waals surface area contributed by atoms with Crippen molar-refractivity contribution in [2.24, 2.45) is 5.92 Å². The van der Waals surface area contributed by atoms with E-state index in [0.29, 0.717) is 11.8 Å². The number of urea groups is 1. The minimum Gasteiger partial charge on any atom is -0.383 e. The highest BCUT2D eigenvalue weighted by Gasteiger charge is 2.33. The lowest BCUT2D eigenvalue weighted by Gasteiger charge is -2.20. The summed E-state index contributed by atoms with van der Waals surface area (Å²) in [6, 6.07) is 3.44. The summed E-state index contributed by atoms with van der Waals surface area (Å²) in [5.74, 6) is 0.938. The number of rotatable bonds is 6. The van der Waals surface area contributed by atoms with E-state index in [1.165, 1.54) is 32.3 Å². The van der Waals surface area contributed by atoms with E-state index in [2.05, 4.69) is 34.1 Å². The molecule has 1 unspecified atom stereocenters. The Balaban J connectivity index is 1.57. The van der Waals surface area contributed by atoms with E-state index in [4.69, 9.17) is 0 Å². The minimum atomic E-state index is -4.09. The number of anilines is 1. The second-order valence-corrected chi connectivity index (χ2v) is 11.7. The summed E-state index contributed by atoms with van der Waals surface area (Å²) in [5, 5.41) is 13.1. The number of thiazole rings is 1. The highest BCUT2D eigenvalue weighted by molar-refractivity contribution is 7.92. The third kappa shape index (κ3) is 4.24. The molecule has 2 amide bonds. The average molecular weight is 450 g/mol. The number of aryl methyl sites for hydroxylation is 1. The van der Waals surface area contributed by atoms with Gasteiger partial charge in [0, 0.05) is 5.69 Å². The van der Waals surface area contributed by atoms with Gasteiger partial charge in [0.25, 0.3) is 10.0 Å². The smallest absolute Gasteiger partial charge is 0.333 e. The lowest BCUT2D eigenvalue weighted by molar-refractivity contribution is 0.0783. The van der Waals surface area contributed by atoms with Crippen LogP contribution < -0.4 is 10.0 Å². The lowest BCUT2D eigenvalue weighted by atomic mass is 9.91. The molecule has 0 aliphatic heterocycles. The number of fused-ring (bicyclic) bond motifs is 1. The van der Waals surface area contributed by atoms with Crippen molar-refractivity contribution in [1.82, 2.24) is 9.71 Å². The molecule has 0 radical (unpaired) electrons. The molecule has 1 aromatic heterocycles. The van der Waals surface area contributed by atoms with Gasteiger partial charge in [0.2, 0.25) is 0 Å². The maximum absolute atomic E-state index is 12.7. The Kier molecular flexibility index (Phi) is 5.40. The molecule has 0 spiro atoms. The SMILES string of the molecule is CC(c1ccc2c(c1NC(=O)NS(=O)(=O)c1cnc(C(C)(C)O)s1)CCC2)C1CC1. The first-order valence-electron chi connectivity index (χ1n) is 10.2. The fourth-order valence-corrected chi connectivity index (χ4v) is 6.08. The molecule has 3 N–H and O–H groups in total. The number of nitrogens with zero attached hydrogens (tertiary/aromatic N) is 1. The summed E-state index contributed by atoms with van der Waals surface area (Å²) in [5.41, 5.74) is 2.93. The molecule has 1 heterocycles. The van der Waals surface area contributed by atoms with Crippen LogP contribution in [0.2, 0.25) is 0 Å². The van der Waals surface area contributed by atoms with Gasteiger partial charge in [-0.2, -0.15) is 0 Å². The van der Waals surface area contributed by atoms with Crippen LogP contribution in [0.25, 0.3) is 0 Å². The molecule has 0 saturated heterocycles. The Labute approximate surface area is 181 Å². The molecule has 4 rings (SSSR count). The van der Waals surface area contributed by atoms with Crippen LogP contribution in [-0.4, -0.2) is 24.5 Å². The van der Waals surface area contributed by atoms with Crippen molar-refractivity contribution >= 4 is 33.1 Å². The van der Waals surface area contributed by atoms with Gasteiger partial charge in [0.05, 0.1) is 6.20 Å². The molecule has 1 atom stereocenters. The molecule has 2 aliphatic carbocycles. The van der Waals surface area contributed by atoms with Gasteiger partial charge in [-0.05, 0) is 74.5 Å². The van der Waals surface area contributed by atoms with Crippen LogP contribution >= 0.6 is 11.3 Å². The van der Waals surface area contributed by atoms with E-state index in [-0.39, 0.29) is 9.22 Å². The number of aromatic nitrogens is 1. The Morgan fingerprint density at radius 1 is 1.30 bits per heavy atom. The van der Waals surface area contributed by atoms with Crippen LogP contribution in [-0.2, 0) is 28.5 Å². The monoisotopic (exact) mass is 449 g/mol. The van der Waals surface area contributed by atoms with E-state index in [9.17, 15) is 18.3 Å². The molecule has 1 aromatic carbocycles. The summed E-state index contributed by atoms with van der Waals surface area (Å²) >= 11 is 0.844. The van der Waals surface area contributed by atoms with Crippen molar-refractivity contribution in [2.45, 2.75) is 68.6 Å². The van der Waals surface area contributed by atoms with E-state index in [0.717, 1.165) is 53.6 Å². The number of sulfonamides is 1. The van der Waals surface area contributed by atoms with Crippen molar-refractivity contribution in [3.8, 4) is 0 Å². The minimum absolute atomic E-state index is 0.111. The van der Waals surface area contributed by atoms with Crippen molar-refractivity contribution in [3.05, 3.63) is 40.0 Å². The normalized spacial score (nSPS) is 17.5. The number of benzene rings is 1. The van der Waals surface area contributed by atoms with E-state index in [1.807, 2.05) is 0 Å². The molecule has 7 nitrogen and oxygen atoms in total. The van der Waals surface area contributed by atoms with Gasteiger partial charge in [0.1, 0.15) is 10.6 Å². The molecule has 162 valence electrons. The number of carbonyl (C=O) groups excluding carboxylic acids is 1. The number of carbonyl (C=O) groups is 1. The topological polar surface area (TPSA) is 108 Å². The predicted molar refractivity (Wildman–Crippen MR) is 116 cm³/mol. The standard InChI is InChI=1S/C21H27N3O4S2/c1-12(13-7-8-13)15-10-9-14-5-4-6-16(14)18(15)23-20(25)24-30(27,28)17-11-22-19(29-17)21(2,3)26/h9-13,26H,4-8H2,1-3H3,(H2,23,24,25). The third-order valence-corrected chi connectivity index (χ3v) is 8.98. The number of hydrogen-bond acceptors (Lipinski definition) is 6. The number of aliphatic hydroxyl groups is 1. The van der Waals surface area contributed by atoms with Gasteiger partial charge < -0.3 is 10.4 Å². The first kappa shape index (κ1) is 21.3. The van der Waals surface area contributed by atoms with E-state index in [1.54, 1.807) is 0 Å². The number of hydrogen-bond donors (Lipinski definition) is 3. The number of amides is 2. The van der Waals surface area contributed by atoms with Crippen LogP contribution in [0.3, 0.4) is 0 Å². The highest BCUT2D eigenvalue weighted by atomic mass is 32.2. The van der Waals surface area contributed by atoms with E-state index < -0.39 is 21.7 Å². The summed E-state index contributed by atoms with van der Waals surface area (Å²) < 4.78 is 27.3. The predicted octanol–water partition coefficient (Wildman–Crippen LogP) is 3.88. The van der Waals surface area contributed by atoms with Crippen molar-refractivity contribution in [2.75, 3.05) is 5.32 Å². The fraction of sp³-hybridized carbons (Fsp3) is 0.524. The molecular formula is C21H27N3O4S2. The second-order valence-electron chi connectivity index (χ2n) is 8.75. The maximum atomic E-state index is 12.7. The van der Waals surface area contributed by atoms with Gasteiger partial charge in [-0.1, -0.05) is 19.1 Å². The second kappa shape index (κ2) is 7.62. The number of nitrogens with one attached hydrogen (secondary N) is 2. The summed E-state index contributed by atoms with van der Waals surface area (Å²) in [6.07, 6.45) is 6.43. The lowest BCUT2D eigenvalue weighted by Crippen LogP contribution is -2.34. The molecule has 9 heteroatoms.